The molecule has 0 spiro atoms. The lowest BCUT2D eigenvalue weighted by Gasteiger charge is -2.32. The highest BCUT2D eigenvalue weighted by Crippen LogP contribution is 2.27. The molecule has 0 bridgehead atoms. The highest BCUT2D eigenvalue weighted by molar-refractivity contribution is 7.89. The van der Waals surface area contributed by atoms with Crippen LogP contribution >= 0.6 is 0 Å². The van der Waals surface area contributed by atoms with Gasteiger partial charge in [0.1, 0.15) is 16.4 Å². The van der Waals surface area contributed by atoms with Gasteiger partial charge in [-0.05, 0) is 37.1 Å². The Hall–Kier alpha value is -3.11. The summed E-state index contributed by atoms with van der Waals surface area (Å²) in [5, 5.41) is 2.96. The van der Waals surface area contributed by atoms with E-state index >= 15 is 0 Å². The van der Waals surface area contributed by atoms with Gasteiger partial charge in [-0.3, -0.25) is 9.59 Å². The molecule has 1 fully saturated rings. The first-order valence-corrected chi connectivity index (χ1v) is 12.4. The van der Waals surface area contributed by atoms with Crippen LogP contribution in [-0.4, -0.2) is 76.9 Å². The molecule has 0 aromatic heterocycles. The van der Waals surface area contributed by atoms with Crippen molar-refractivity contribution in [2.75, 3.05) is 41.4 Å². The van der Waals surface area contributed by atoms with Crippen LogP contribution in [0.4, 0.5) is 0 Å². The first-order valence-electron chi connectivity index (χ1n) is 11.0. The maximum atomic E-state index is 12.8. The summed E-state index contributed by atoms with van der Waals surface area (Å²) in [5.74, 6) is 0.514. The molecular weight excluding hydrogens is 458 g/mol. The summed E-state index contributed by atoms with van der Waals surface area (Å²) in [7, 11) is 2.03. The van der Waals surface area contributed by atoms with Gasteiger partial charge in [-0.15, -0.1) is 0 Å². The molecule has 1 aliphatic heterocycles. The van der Waals surface area contributed by atoms with E-state index in [1.54, 1.807) is 12.0 Å². The van der Waals surface area contributed by atoms with Gasteiger partial charge < -0.3 is 19.7 Å². The van der Waals surface area contributed by atoms with Crippen molar-refractivity contribution in [2.45, 2.75) is 30.2 Å². The number of benzene rings is 2. The van der Waals surface area contributed by atoms with Crippen molar-refractivity contribution in [3.8, 4) is 11.5 Å². The third-order valence-electron chi connectivity index (χ3n) is 5.90. The first kappa shape index (κ1) is 25.5. The number of hydrogen-bond donors (Lipinski definition) is 1. The van der Waals surface area contributed by atoms with Crippen molar-refractivity contribution in [3.63, 3.8) is 0 Å². The number of amides is 2. The molecule has 9 nitrogen and oxygen atoms in total. The van der Waals surface area contributed by atoms with Crippen molar-refractivity contribution in [1.82, 2.24) is 14.5 Å². The van der Waals surface area contributed by atoms with Crippen LogP contribution < -0.4 is 14.8 Å². The Labute approximate surface area is 200 Å². The molecule has 2 aromatic carbocycles. The number of nitrogens with zero attached hydrogens (tertiary/aromatic N) is 2. The fraction of sp³-hybridized carbons (Fsp3) is 0.417. The largest absolute Gasteiger partial charge is 0.496 e. The van der Waals surface area contributed by atoms with Gasteiger partial charge in [-0.25, -0.2) is 12.7 Å². The number of hydrogen-bond acceptors (Lipinski definition) is 6. The number of para-hydroxylation sites is 1. The van der Waals surface area contributed by atoms with Gasteiger partial charge in [0, 0.05) is 44.4 Å². The number of piperidine rings is 1. The molecule has 10 heteroatoms. The summed E-state index contributed by atoms with van der Waals surface area (Å²) in [6, 6.07) is 11.7. The molecule has 1 aliphatic rings. The lowest BCUT2D eigenvalue weighted by atomic mass is 10.0. The number of carbonyl (C=O) groups is 2. The van der Waals surface area contributed by atoms with Crippen LogP contribution in [0.3, 0.4) is 0 Å². The summed E-state index contributed by atoms with van der Waals surface area (Å²) in [6.45, 7) is 1.06. The van der Waals surface area contributed by atoms with E-state index < -0.39 is 10.0 Å². The zero-order valence-electron chi connectivity index (χ0n) is 19.9. The summed E-state index contributed by atoms with van der Waals surface area (Å²) in [4.78, 5) is 27.3. The summed E-state index contributed by atoms with van der Waals surface area (Å²) >= 11 is 0. The van der Waals surface area contributed by atoms with E-state index in [0.29, 0.717) is 31.7 Å². The third-order valence-corrected chi connectivity index (χ3v) is 7.74. The molecule has 0 atom stereocenters. The second-order valence-electron chi connectivity index (χ2n) is 8.27. The van der Waals surface area contributed by atoms with Crippen molar-refractivity contribution in [3.05, 3.63) is 53.6 Å². The molecule has 1 heterocycles. The fourth-order valence-electron chi connectivity index (χ4n) is 3.88. The molecule has 2 aromatic rings. The van der Waals surface area contributed by atoms with Gasteiger partial charge in [-0.1, -0.05) is 18.2 Å². The number of sulfonamides is 1. The van der Waals surface area contributed by atoms with Crippen molar-refractivity contribution >= 4 is 21.8 Å². The fourth-order valence-corrected chi connectivity index (χ4v) is 4.96. The van der Waals surface area contributed by atoms with Gasteiger partial charge in [0.15, 0.2) is 0 Å². The van der Waals surface area contributed by atoms with Crippen LogP contribution in [0.5, 0.6) is 11.5 Å². The number of methoxy groups -OCH3 is 2. The average molecular weight is 490 g/mol. The number of likely N-dealkylation sites (tertiary alicyclic amines) is 1. The maximum Gasteiger partial charge on any atom is 0.251 e. The molecule has 0 aliphatic carbocycles. The molecule has 1 N–H and O–H groups in total. The standard InChI is InChI=1S/C24H31N3O6S/c1-26(2)34(30,31)22-15-18(9-10-21(22)33-4)24(29)25-19-11-13-27(14-12-19)23(28)16-17-7-5-6-8-20(17)32-3/h5-10,15,19H,11-14,16H2,1-4H3,(H,25,29). The normalized spacial score (nSPS) is 14.7. The van der Waals surface area contributed by atoms with E-state index in [4.69, 9.17) is 9.47 Å². The molecule has 3 rings (SSSR count). The average Bonchev–Trinajstić information content (AvgIpc) is 2.84. The minimum atomic E-state index is -3.78. The molecule has 0 saturated carbocycles. The summed E-state index contributed by atoms with van der Waals surface area (Å²) < 4.78 is 36.8. The van der Waals surface area contributed by atoms with Crippen molar-refractivity contribution in [1.29, 1.82) is 0 Å². The van der Waals surface area contributed by atoms with Crippen LogP contribution in [0.15, 0.2) is 47.4 Å². The highest BCUT2D eigenvalue weighted by Gasteiger charge is 2.27. The number of nitrogens with one attached hydrogen (secondary N) is 1. The van der Waals surface area contributed by atoms with E-state index in [0.717, 1.165) is 9.87 Å². The zero-order valence-corrected chi connectivity index (χ0v) is 20.7. The quantitative estimate of drug-likeness (QED) is 0.607. The minimum Gasteiger partial charge on any atom is -0.496 e. The lowest BCUT2D eigenvalue weighted by molar-refractivity contribution is -0.131. The van der Waals surface area contributed by atoms with Gasteiger partial charge in [0.2, 0.25) is 15.9 Å². The van der Waals surface area contributed by atoms with E-state index in [1.165, 1.54) is 39.4 Å². The smallest absolute Gasteiger partial charge is 0.251 e. The van der Waals surface area contributed by atoms with Crippen molar-refractivity contribution in [2.24, 2.45) is 0 Å². The first-order chi connectivity index (χ1) is 16.2. The molecule has 0 unspecified atom stereocenters. The molecule has 184 valence electrons. The Morgan fingerprint density at radius 2 is 1.68 bits per heavy atom. The highest BCUT2D eigenvalue weighted by atomic mass is 32.2. The Kier molecular flexibility index (Phi) is 8.16. The van der Waals surface area contributed by atoms with Crippen LogP contribution in [0.25, 0.3) is 0 Å². The zero-order chi connectivity index (χ0) is 24.9. The minimum absolute atomic E-state index is 0.0166. The Bertz CT molecular complexity index is 1140. The van der Waals surface area contributed by atoms with E-state index in [-0.39, 0.29) is 40.5 Å². The summed E-state index contributed by atoms with van der Waals surface area (Å²) in [5.41, 5.74) is 1.07. The summed E-state index contributed by atoms with van der Waals surface area (Å²) in [6.07, 6.45) is 1.49. The van der Waals surface area contributed by atoms with Gasteiger partial charge in [-0.2, -0.15) is 0 Å². The molecular formula is C24H31N3O6S. The molecule has 34 heavy (non-hydrogen) atoms. The SMILES string of the molecule is COc1ccccc1CC(=O)N1CCC(NC(=O)c2ccc(OC)c(S(=O)(=O)N(C)C)c2)CC1. The second-order valence-corrected chi connectivity index (χ2v) is 10.4. The van der Waals surface area contributed by atoms with E-state index in [9.17, 15) is 18.0 Å². The van der Waals surface area contributed by atoms with Crippen LogP contribution in [0.2, 0.25) is 0 Å². The van der Waals surface area contributed by atoms with Gasteiger partial charge >= 0.3 is 0 Å². The predicted molar refractivity (Wildman–Crippen MR) is 128 cm³/mol. The Morgan fingerprint density at radius 1 is 1.03 bits per heavy atom. The molecule has 2 amide bonds. The van der Waals surface area contributed by atoms with Gasteiger partial charge in [0.05, 0.1) is 20.6 Å². The monoisotopic (exact) mass is 489 g/mol. The lowest BCUT2D eigenvalue weighted by Crippen LogP contribution is -2.47. The maximum absolute atomic E-state index is 12.8. The van der Waals surface area contributed by atoms with Crippen LogP contribution in [0, 0.1) is 0 Å². The topological polar surface area (TPSA) is 105 Å². The van der Waals surface area contributed by atoms with Crippen LogP contribution in [0.1, 0.15) is 28.8 Å². The van der Waals surface area contributed by atoms with E-state index in [1.807, 2.05) is 24.3 Å². The molecule has 1 saturated heterocycles. The van der Waals surface area contributed by atoms with Crippen molar-refractivity contribution < 1.29 is 27.5 Å². The third kappa shape index (κ3) is 5.68. The number of ether oxygens (including phenoxy) is 2. The number of rotatable bonds is 8. The second kappa shape index (κ2) is 10.9. The Balaban J connectivity index is 1.61. The van der Waals surface area contributed by atoms with Gasteiger partial charge in [0.25, 0.3) is 5.91 Å². The molecule has 0 radical (unpaired) electrons. The predicted octanol–water partition coefficient (Wildman–Crippen LogP) is 1.92. The Morgan fingerprint density at radius 3 is 2.29 bits per heavy atom. The van der Waals surface area contributed by atoms with Crippen LogP contribution in [-0.2, 0) is 21.2 Å². The van der Waals surface area contributed by atoms with E-state index in [2.05, 4.69) is 5.32 Å². The number of carbonyl (C=O) groups excluding carboxylic acids is 2.